The van der Waals surface area contributed by atoms with E-state index in [0.29, 0.717) is 12.2 Å². The highest BCUT2D eigenvalue weighted by Crippen LogP contribution is 2.34. The molecular weight excluding hydrogens is 286 g/mol. The predicted molar refractivity (Wildman–Crippen MR) is 90.3 cm³/mol. The zero-order valence-electron chi connectivity index (χ0n) is 12.9. The summed E-state index contributed by atoms with van der Waals surface area (Å²) in [6.07, 6.45) is 2.33. The van der Waals surface area contributed by atoms with Crippen LogP contribution in [0.25, 0.3) is 5.69 Å². The third-order valence-electron chi connectivity index (χ3n) is 4.29. The number of aromatic nitrogens is 1. The molecule has 1 aromatic heterocycles. The minimum absolute atomic E-state index is 0.00443. The van der Waals surface area contributed by atoms with Crippen LogP contribution in [0.1, 0.15) is 22.8 Å². The number of hydrogen-bond acceptors (Lipinski definition) is 2. The number of aryl methyl sites for hydroxylation is 1. The Kier molecular flexibility index (Phi) is 3.27. The van der Waals surface area contributed by atoms with Crippen molar-refractivity contribution in [3.05, 3.63) is 93.9 Å². The summed E-state index contributed by atoms with van der Waals surface area (Å²) in [6.45, 7) is 2.04. The maximum Gasteiger partial charge on any atom is 0.262 e. The Balaban J connectivity index is 1.72. The maximum atomic E-state index is 12.8. The average molecular weight is 303 g/mol. The summed E-state index contributed by atoms with van der Waals surface area (Å²) < 4.78 is 7.66. The van der Waals surface area contributed by atoms with Crippen LogP contribution in [-0.2, 0) is 6.42 Å². The minimum atomic E-state index is -0.0761. The Morgan fingerprint density at radius 2 is 1.74 bits per heavy atom. The normalized spacial score (nSPS) is 16.0. The molecule has 3 nitrogen and oxygen atoms in total. The molecule has 114 valence electrons. The molecule has 0 radical (unpaired) electrons. The summed E-state index contributed by atoms with van der Waals surface area (Å²) >= 11 is 0. The molecule has 3 heteroatoms. The van der Waals surface area contributed by atoms with Gasteiger partial charge in [0.05, 0.1) is 5.56 Å². The van der Waals surface area contributed by atoms with E-state index in [9.17, 15) is 4.79 Å². The van der Waals surface area contributed by atoms with Gasteiger partial charge in [0.25, 0.3) is 5.56 Å². The van der Waals surface area contributed by atoms with Crippen molar-refractivity contribution in [3.63, 3.8) is 0 Å². The first kappa shape index (κ1) is 13.8. The molecule has 2 heterocycles. The van der Waals surface area contributed by atoms with Crippen molar-refractivity contribution < 1.29 is 4.74 Å². The van der Waals surface area contributed by atoms with Gasteiger partial charge in [0.2, 0.25) is 0 Å². The van der Waals surface area contributed by atoms with E-state index in [4.69, 9.17) is 4.74 Å². The third kappa shape index (κ3) is 2.44. The molecule has 1 atom stereocenters. The second-order valence-electron chi connectivity index (χ2n) is 5.89. The lowest BCUT2D eigenvalue weighted by Gasteiger charge is -2.10. The van der Waals surface area contributed by atoms with Crippen LogP contribution in [0.2, 0.25) is 0 Å². The van der Waals surface area contributed by atoms with Gasteiger partial charge in [-0.2, -0.15) is 0 Å². The Labute approximate surface area is 134 Å². The number of benzene rings is 2. The molecule has 0 fully saturated rings. The van der Waals surface area contributed by atoms with Crippen LogP contribution in [0, 0.1) is 6.92 Å². The highest BCUT2D eigenvalue weighted by atomic mass is 16.5. The molecule has 0 saturated carbocycles. The molecule has 4 rings (SSSR count). The van der Waals surface area contributed by atoms with Gasteiger partial charge in [-0.3, -0.25) is 9.36 Å². The number of fused-ring (bicyclic) bond motifs is 1. The predicted octanol–water partition coefficient (Wildman–Crippen LogP) is 3.82. The van der Waals surface area contributed by atoms with Crippen LogP contribution in [0.3, 0.4) is 0 Å². The van der Waals surface area contributed by atoms with Gasteiger partial charge in [0.15, 0.2) is 0 Å². The van der Waals surface area contributed by atoms with Crippen LogP contribution >= 0.6 is 0 Å². The first-order valence-electron chi connectivity index (χ1n) is 7.75. The highest BCUT2D eigenvalue weighted by Gasteiger charge is 2.27. The summed E-state index contributed by atoms with van der Waals surface area (Å²) in [5.41, 5.74) is 3.92. The molecular formula is C20H17NO2. The molecule has 3 aromatic rings. The smallest absolute Gasteiger partial charge is 0.262 e. The zero-order valence-corrected chi connectivity index (χ0v) is 12.9. The van der Waals surface area contributed by atoms with Crippen LogP contribution < -0.4 is 10.3 Å². The van der Waals surface area contributed by atoms with E-state index in [1.54, 1.807) is 10.8 Å². The quantitative estimate of drug-likeness (QED) is 0.720. The molecule has 0 aliphatic carbocycles. The van der Waals surface area contributed by atoms with Gasteiger partial charge in [0, 0.05) is 18.3 Å². The molecule has 0 bridgehead atoms. The lowest BCUT2D eigenvalue weighted by Crippen LogP contribution is -2.20. The van der Waals surface area contributed by atoms with E-state index in [2.05, 4.69) is 0 Å². The fourth-order valence-electron chi connectivity index (χ4n) is 3.00. The van der Waals surface area contributed by atoms with Crippen LogP contribution in [0.15, 0.2) is 71.7 Å². The Hall–Kier alpha value is -2.81. The van der Waals surface area contributed by atoms with Crippen molar-refractivity contribution in [2.24, 2.45) is 0 Å². The standard InChI is InChI=1S/C20H17NO2/c1-14-7-9-16(10-8-14)21-12-11-18-17(20(21)22)13-19(23-18)15-5-3-2-4-6-15/h2-12,19H,13H2,1H3. The van der Waals surface area contributed by atoms with Crippen molar-refractivity contribution in [1.29, 1.82) is 0 Å². The number of rotatable bonds is 2. The second kappa shape index (κ2) is 5.43. The van der Waals surface area contributed by atoms with Crippen LogP contribution in [0.5, 0.6) is 5.75 Å². The van der Waals surface area contributed by atoms with Gasteiger partial charge in [-0.05, 0) is 30.7 Å². The van der Waals surface area contributed by atoms with Crippen LogP contribution in [-0.4, -0.2) is 4.57 Å². The first-order chi connectivity index (χ1) is 11.2. The lowest BCUT2D eigenvalue weighted by atomic mass is 10.0. The summed E-state index contributed by atoms with van der Waals surface area (Å²) in [4.78, 5) is 12.8. The molecule has 2 aromatic carbocycles. The SMILES string of the molecule is Cc1ccc(-n2ccc3c(c2=O)CC(c2ccccc2)O3)cc1. The maximum absolute atomic E-state index is 12.8. The Morgan fingerprint density at radius 1 is 1.00 bits per heavy atom. The first-order valence-corrected chi connectivity index (χ1v) is 7.75. The van der Waals surface area contributed by atoms with E-state index in [-0.39, 0.29) is 11.7 Å². The molecule has 0 spiro atoms. The van der Waals surface area contributed by atoms with Gasteiger partial charge in [-0.25, -0.2) is 0 Å². The van der Waals surface area contributed by atoms with Gasteiger partial charge >= 0.3 is 0 Å². The number of hydrogen-bond donors (Lipinski definition) is 0. The van der Waals surface area contributed by atoms with Crippen molar-refractivity contribution in [2.45, 2.75) is 19.4 Å². The largest absolute Gasteiger partial charge is 0.485 e. The van der Waals surface area contributed by atoms with Crippen molar-refractivity contribution in [3.8, 4) is 11.4 Å². The second-order valence-corrected chi connectivity index (χ2v) is 5.89. The molecule has 0 amide bonds. The molecule has 1 aliphatic rings. The Bertz CT molecular complexity index is 895. The molecule has 1 unspecified atom stereocenters. The van der Waals surface area contributed by atoms with E-state index in [1.165, 1.54) is 5.56 Å². The summed E-state index contributed by atoms with van der Waals surface area (Å²) in [6, 6.07) is 19.9. The van der Waals surface area contributed by atoms with E-state index in [0.717, 1.165) is 16.8 Å². The number of nitrogens with zero attached hydrogens (tertiary/aromatic N) is 1. The van der Waals surface area contributed by atoms with Gasteiger partial charge in [-0.15, -0.1) is 0 Å². The van der Waals surface area contributed by atoms with Crippen molar-refractivity contribution >= 4 is 0 Å². The van der Waals surface area contributed by atoms with Crippen molar-refractivity contribution in [2.75, 3.05) is 0 Å². The summed E-state index contributed by atoms with van der Waals surface area (Å²) in [7, 11) is 0. The van der Waals surface area contributed by atoms with E-state index in [1.807, 2.05) is 67.6 Å². The minimum Gasteiger partial charge on any atom is -0.485 e. The zero-order chi connectivity index (χ0) is 15.8. The summed E-state index contributed by atoms with van der Waals surface area (Å²) in [5.74, 6) is 0.701. The molecule has 0 N–H and O–H groups in total. The van der Waals surface area contributed by atoms with Gasteiger partial charge in [0.1, 0.15) is 11.9 Å². The monoisotopic (exact) mass is 303 g/mol. The van der Waals surface area contributed by atoms with Crippen molar-refractivity contribution in [1.82, 2.24) is 4.57 Å². The lowest BCUT2D eigenvalue weighted by molar-refractivity contribution is 0.238. The highest BCUT2D eigenvalue weighted by molar-refractivity contribution is 5.42. The van der Waals surface area contributed by atoms with E-state index < -0.39 is 0 Å². The molecule has 1 aliphatic heterocycles. The topological polar surface area (TPSA) is 31.2 Å². The number of pyridine rings is 1. The number of ether oxygens (including phenoxy) is 1. The van der Waals surface area contributed by atoms with Gasteiger partial charge < -0.3 is 4.74 Å². The Morgan fingerprint density at radius 3 is 2.48 bits per heavy atom. The van der Waals surface area contributed by atoms with Crippen LogP contribution in [0.4, 0.5) is 0 Å². The fraction of sp³-hybridized carbons (Fsp3) is 0.150. The van der Waals surface area contributed by atoms with Gasteiger partial charge in [-0.1, -0.05) is 48.0 Å². The average Bonchev–Trinajstić information content (AvgIpc) is 3.02. The molecule has 23 heavy (non-hydrogen) atoms. The summed E-state index contributed by atoms with van der Waals surface area (Å²) in [5, 5.41) is 0. The fourth-order valence-corrected chi connectivity index (χ4v) is 3.00. The van der Waals surface area contributed by atoms with E-state index >= 15 is 0 Å². The third-order valence-corrected chi connectivity index (χ3v) is 4.29. The molecule has 0 saturated heterocycles.